The second-order valence-electron chi connectivity index (χ2n) is 4.95. The summed E-state index contributed by atoms with van der Waals surface area (Å²) >= 11 is 0. The average Bonchev–Trinajstić information content (AvgIpc) is 2.35. The van der Waals surface area contributed by atoms with Crippen LogP contribution in [0, 0.1) is 6.92 Å². The number of aliphatic hydroxyl groups excluding tert-OH is 1. The quantitative estimate of drug-likeness (QED) is 0.608. The summed E-state index contributed by atoms with van der Waals surface area (Å²) < 4.78 is 5.17. The molecule has 0 saturated heterocycles. The summed E-state index contributed by atoms with van der Waals surface area (Å²) in [6, 6.07) is 5.50. The lowest BCUT2D eigenvalue weighted by molar-refractivity contribution is -0.133. The third kappa shape index (κ3) is 3.48. The maximum absolute atomic E-state index is 11.8. The van der Waals surface area contributed by atoms with E-state index in [0.717, 1.165) is 11.3 Å². The van der Waals surface area contributed by atoms with Crippen LogP contribution in [0.2, 0.25) is 0 Å². The van der Waals surface area contributed by atoms with Crippen LogP contribution in [0.4, 0.5) is 5.69 Å². The Morgan fingerprint density at radius 3 is 3.00 bits per heavy atom. The predicted octanol–water partition coefficient (Wildman–Crippen LogP) is 0.217. The molecule has 1 unspecified atom stereocenters. The van der Waals surface area contributed by atoms with E-state index in [4.69, 9.17) is 9.84 Å². The van der Waals surface area contributed by atoms with E-state index in [-0.39, 0.29) is 31.5 Å². The summed E-state index contributed by atoms with van der Waals surface area (Å²) in [5.41, 5.74) is 1.71. The van der Waals surface area contributed by atoms with Crippen molar-refractivity contribution >= 4 is 17.6 Å². The minimum Gasteiger partial charge on any atom is -0.423 e. The zero-order valence-corrected chi connectivity index (χ0v) is 11.5. The highest BCUT2D eigenvalue weighted by atomic mass is 16.5. The van der Waals surface area contributed by atoms with Crippen LogP contribution in [-0.4, -0.2) is 42.7 Å². The largest absolute Gasteiger partial charge is 0.423 e. The highest BCUT2D eigenvalue weighted by Crippen LogP contribution is 2.32. The third-order valence-corrected chi connectivity index (χ3v) is 2.93. The van der Waals surface area contributed by atoms with E-state index >= 15 is 0 Å². The number of hydrogen-bond acceptors (Lipinski definition) is 5. The summed E-state index contributed by atoms with van der Waals surface area (Å²) in [6.45, 7) is 3.78. The van der Waals surface area contributed by atoms with Gasteiger partial charge in [-0.3, -0.25) is 4.79 Å². The lowest BCUT2D eigenvalue weighted by Gasteiger charge is -2.29. The number of rotatable bonds is 4. The monoisotopic (exact) mass is 278 g/mol. The van der Waals surface area contributed by atoms with Gasteiger partial charge in [0.1, 0.15) is 6.54 Å². The van der Waals surface area contributed by atoms with Gasteiger partial charge in [-0.2, -0.15) is 0 Å². The van der Waals surface area contributed by atoms with Crippen molar-refractivity contribution in [2.75, 3.05) is 24.5 Å². The van der Waals surface area contributed by atoms with Gasteiger partial charge in [-0.25, -0.2) is 4.79 Å². The number of nitrogens with one attached hydrogen (secondary N) is 1. The van der Waals surface area contributed by atoms with Gasteiger partial charge in [0.05, 0.1) is 18.3 Å². The predicted molar refractivity (Wildman–Crippen MR) is 73.7 cm³/mol. The first-order chi connectivity index (χ1) is 9.45. The van der Waals surface area contributed by atoms with E-state index < -0.39 is 6.10 Å². The molecule has 0 saturated carbocycles. The van der Waals surface area contributed by atoms with Crippen molar-refractivity contribution in [2.45, 2.75) is 20.0 Å². The molecule has 1 amide bonds. The molecular formula is C14H18N2O4. The van der Waals surface area contributed by atoms with Gasteiger partial charge < -0.3 is 20.1 Å². The Hall–Kier alpha value is -2.08. The maximum Gasteiger partial charge on any atom is 0.331 e. The molecule has 1 aliphatic heterocycles. The second kappa shape index (κ2) is 5.92. The van der Waals surface area contributed by atoms with Gasteiger partial charge in [-0.05, 0) is 31.5 Å². The normalized spacial score (nSPS) is 15.3. The fourth-order valence-corrected chi connectivity index (χ4v) is 1.99. The summed E-state index contributed by atoms with van der Waals surface area (Å²) in [5.74, 6) is -0.150. The van der Waals surface area contributed by atoms with Crippen molar-refractivity contribution in [1.82, 2.24) is 5.32 Å². The Kier molecular flexibility index (Phi) is 4.24. The van der Waals surface area contributed by atoms with Crippen molar-refractivity contribution in [3.05, 3.63) is 23.8 Å². The van der Waals surface area contributed by atoms with Crippen LogP contribution in [0.5, 0.6) is 5.75 Å². The van der Waals surface area contributed by atoms with Crippen LogP contribution < -0.4 is 15.0 Å². The second-order valence-corrected chi connectivity index (χ2v) is 4.95. The number of esters is 1. The van der Waals surface area contributed by atoms with Crippen molar-refractivity contribution < 1.29 is 19.4 Å². The number of carbonyl (C=O) groups excluding carboxylic acids is 2. The number of aliphatic hydroxyl groups is 1. The molecule has 20 heavy (non-hydrogen) atoms. The summed E-state index contributed by atoms with van der Waals surface area (Å²) in [6.07, 6.45) is -0.597. The molecule has 2 N–H and O–H groups in total. The number of anilines is 1. The van der Waals surface area contributed by atoms with Crippen LogP contribution in [-0.2, 0) is 9.59 Å². The Labute approximate surface area is 117 Å². The van der Waals surface area contributed by atoms with Crippen molar-refractivity contribution in [3.63, 3.8) is 0 Å². The molecule has 6 nitrogen and oxygen atoms in total. The molecule has 6 heteroatoms. The fourth-order valence-electron chi connectivity index (χ4n) is 1.99. The van der Waals surface area contributed by atoms with Gasteiger partial charge in [0.2, 0.25) is 5.91 Å². The van der Waals surface area contributed by atoms with Gasteiger partial charge in [-0.15, -0.1) is 0 Å². The number of benzene rings is 1. The molecule has 1 atom stereocenters. The minimum atomic E-state index is -0.597. The van der Waals surface area contributed by atoms with E-state index in [9.17, 15) is 9.59 Å². The molecule has 1 aromatic carbocycles. The molecule has 108 valence electrons. The van der Waals surface area contributed by atoms with Crippen LogP contribution in [0.1, 0.15) is 12.5 Å². The van der Waals surface area contributed by atoms with Crippen LogP contribution in [0.3, 0.4) is 0 Å². The Morgan fingerprint density at radius 2 is 2.30 bits per heavy atom. The van der Waals surface area contributed by atoms with Crippen LogP contribution >= 0.6 is 0 Å². The van der Waals surface area contributed by atoms with E-state index in [1.165, 1.54) is 0 Å². The van der Waals surface area contributed by atoms with Crippen LogP contribution in [0.15, 0.2) is 18.2 Å². The molecule has 0 radical (unpaired) electrons. The lowest BCUT2D eigenvalue weighted by Crippen LogP contribution is -2.44. The zero-order chi connectivity index (χ0) is 14.7. The van der Waals surface area contributed by atoms with Crippen molar-refractivity contribution in [1.29, 1.82) is 0 Å². The van der Waals surface area contributed by atoms with Gasteiger partial charge in [0.15, 0.2) is 5.75 Å². The Morgan fingerprint density at radius 1 is 1.55 bits per heavy atom. The van der Waals surface area contributed by atoms with Crippen molar-refractivity contribution in [2.24, 2.45) is 0 Å². The molecule has 2 rings (SSSR count). The van der Waals surface area contributed by atoms with Gasteiger partial charge >= 0.3 is 5.97 Å². The molecular weight excluding hydrogens is 260 g/mol. The van der Waals surface area contributed by atoms with Gasteiger partial charge in [0.25, 0.3) is 0 Å². The van der Waals surface area contributed by atoms with Gasteiger partial charge in [-0.1, -0.05) is 6.07 Å². The Bertz CT molecular complexity index is 528. The molecule has 1 aromatic rings. The van der Waals surface area contributed by atoms with E-state index in [2.05, 4.69) is 5.32 Å². The summed E-state index contributed by atoms with van der Waals surface area (Å²) in [4.78, 5) is 25.0. The van der Waals surface area contributed by atoms with E-state index in [1.807, 2.05) is 19.1 Å². The molecule has 1 aliphatic rings. The summed E-state index contributed by atoms with van der Waals surface area (Å²) in [5, 5.41) is 11.7. The number of hydrogen-bond donors (Lipinski definition) is 2. The van der Waals surface area contributed by atoms with Crippen LogP contribution in [0.25, 0.3) is 0 Å². The van der Waals surface area contributed by atoms with E-state index in [1.54, 1.807) is 17.9 Å². The highest BCUT2D eigenvalue weighted by molar-refractivity contribution is 5.89. The highest BCUT2D eigenvalue weighted by Gasteiger charge is 2.25. The molecule has 0 aromatic heterocycles. The standard InChI is InChI=1S/C14H18N2O4/c1-9-3-4-11-12(5-9)20-14(19)8-16(11)7-13(18)15-6-10(2)17/h3-5,10,17H,6-8H2,1-2H3,(H,15,18). The van der Waals surface area contributed by atoms with Crippen molar-refractivity contribution in [3.8, 4) is 5.75 Å². The average molecular weight is 278 g/mol. The number of ether oxygens (including phenoxy) is 1. The molecule has 0 aliphatic carbocycles. The first-order valence-electron chi connectivity index (χ1n) is 6.47. The SMILES string of the molecule is Cc1ccc2c(c1)OC(=O)CN2CC(=O)NCC(C)O. The molecule has 1 heterocycles. The summed E-state index contributed by atoms with van der Waals surface area (Å²) in [7, 11) is 0. The topological polar surface area (TPSA) is 78.9 Å². The lowest BCUT2D eigenvalue weighted by atomic mass is 10.1. The number of amides is 1. The molecule has 0 fully saturated rings. The molecule has 0 spiro atoms. The number of carbonyl (C=O) groups is 2. The zero-order valence-electron chi connectivity index (χ0n) is 11.5. The fraction of sp³-hybridized carbons (Fsp3) is 0.429. The molecule has 0 bridgehead atoms. The number of aryl methyl sites for hydroxylation is 1. The number of nitrogens with zero attached hydrogens (tertiary/aromatic N) is 1. The first kappa shape index (κ1) is 14.3. The minimum absolute atomic E-state index is 0.0398. The van der Waals surface area contributed by atoms with Gasteiger partial charge in [0, 0.05) is 6.54 Å². The Balaban J connectivity index is 2.09. The number of fused-ring (bicyclic) bond motifs is 1. The third-order valence-electron chi connectivity index (χ3n) is 2.93. The first-order valence-corrected chi connectivity index (χ1v) is 6.47. The maximum atomic E-state index is 11.8. The van der Waals surface area contributed by atoms with E-state index in [0.29, 0.717) is 5.75 Å². The smallest absolute Gasteiger partial charge is 0.331 e.